The Kier molecular flexibility index (Phi) is 8.00. The van der Waals surface area contributed by atoms with Crippen LogP contribution in [0.2, 0.25) is 0 Å². The number of aliphatic carboxylic acids is 1. The summed E-state index contributed by atoms with van der Waals surface area (Å²) in [6, 6.07) is 14.0. The number of ether oxygens (including phenoxy) is 1. The van der Waals surface area contributed by atoms with Crippen LogP contribution in [0.15, 0.2) is 53.6 Å². The molecule has 34 heavy (non-hydrogen) atoms. The number of nitrogens with zero attached hydrogens (tertiary/aromatic N) is 2. The van der Waals surface area contributed by atoms with E-state index in [1.165, 1.54) is 17.8 Å². The largest absolute Gasteiger partial charge is 0.480 e. The number of hydrogen-bond acceptors (Lipinski definition) is 4. The zero-order chi connectivity index (χ0) is 24.1. The molecule has 1 saturated carbocycles. The van der Waals surface area contributed by atoms with Crippen molar-refractivity contribution in [3.63, 3.8) is 0 Å². The lowest BCUT2D eigenvalue weighted by Crippen LogP contribution is -2.23. The van der Waals surface area contributed by atoms with E-state index in [-0.39, 0.29) is 12.2 Å². The van der Waals surface area contributed by atoms with Crippen LogP contribution in [0.4, 0.5) is 8.78 Å². The summed E-state index contributed by atoms with van der Waals surface area (Å²) in [5, 5.41) is 14.2. The topological polar surface area (TPSA) is 64.4 Å². The minimum absolute atomic E-state index is 0.216. The quantitative estimate of drug-likeness (QED) is 0.369. The maximum absolute atomic E-state index is 14.9. The van der Waals surface area contributed by atoms with Gasteiger partial charge < -0.3 is 9.84 Å². The molecule has 1 aliphatic carbocycles. The molecule has 2 aromatic carbocycles. The Morgan fingerprint density at radius 2 is 1.79 bits per heavy atom. The van der Waals surface area contributed by atoms with E-state index in [2.05, 4.69) is 0 Å². The van der Waals surface area contributed by atoms with E-state index in [4.69, 9.17) is 14.9 Å². The van der Waals surface area contributed by atoms with Gasteiger partial charge in [0.1, 0.15) is 11.6 Å². The molecule has 8 heteroatoms. The first-order valence-electron chi connectivity index (χ1n) is 11.4. The summed E-state index contributed by atoms with van der Waals surface area (Å²) in [6.07, 6.45) is 5.78. The van der Waals surface area contributed by atoms with Crippen LogP contribution >= 0.6 is 11.8 Å². The summed E-state index contributed by atoms with van der Waals surface area (Å²) in [5.74, 6) is -1.94. The Hall–Kier alpha value is -2.71. The second kappa shape index (κ2) is 11.1. The van der Waals surface area contributed by atoms with Gasteiger partial charge in [0, 0.05) is 23.2 Å². The number of carboxylic acid groups (broad SMARTS) is 1. The average molecular weight is 487 g/mol. The summed E-state index contributed by atoms with van der Waals surface area (Å²) >= 11 is 1.42. The lowest BCUT2D eigenvalue weighted by atomic mass is 9.82. The number of thioether (sulfide) groups is 1. The maximum Gasteiger partial charge on any atom is 0.329 e. The highest BCUT2D eigenvalue weighted by molar-refractivity contribution is 7.98. The summed E-state index contributed by atoms with van der Waals surface area (Å²) in [5.41, 5.74) is 2.53. The maximum atomic E-state index is 14.9. The highest BCUT2D eigenvalue weighted by Crippen LogP contribution is 2.41. The molecule has 180 valence electrons. The van der Waals surface area contributed by atoms with Crippen LogP contribution in [0.25, 0.3) is 22.4 Å². The molecule has 1 fully saturated rings. The van der Waals surface area contributed by atoms with Crippen molar-refractivity contribution in [2.24, 2.45) is 11.8 Å². The molecular weight excluding hydrogens is 458 g/mol. The fourth-order valence-electron chi connectivity index (χ4n) is 4.68. The van der Waals surface area contributed by atoms with Gasteiger partial charge in [0.2, 0.25) is 0 Å². The zero-order valence-electron chi connectivity index (χ0n) is 19.0. The molecular formula is C26H28F2N2O3S. The summed E-state index contributed by atoms with van der Waals surface area (Å²) in [4.78, 5) is 10.7. The monoisotopic (exact) mass is 486 g/mol. The molecule has 0 atom stereocenters. The number of aromatic nitrogens is 2. The van der Waals surface area contributed by atoms with Crippen LogP contribution in [0.5, 0.6) is 0 Å². The van der Waals surface area contributed by atoms with Crippen molar-refractivity contribution < 1.29 is 23.4 Å². The molecule has 1 N–H and O–H groups in total. The molecule has 0 bridgehead atoms. The molecule has 0 spiro atoms. The first kappa shape index (κ1) is 24.4. The molecule has 4 rings (SSSR count). The Morgan fingerprint density at radius 3 is 2.47 bits per heavy atom. The van der Waals surface area contributed by atoms with Gasteiger partial charge in [0.25, 0.3) is 0 Å². The van der Waals surface area contributed by atoms with Gasteiger partial charge in [-0.05, 0) is 49.8 Å². The number of benzene rings is 2. The molecule has 1 aliphatic rings. The van der Waals surface area contributed by atoms with Crippen molar-refractivity contribution in [2.45, 2.75) is 37.3 Å². The van der Waals surface area contributed by atoms with Gasteiger partial charge >= 0.3 is 5.97 Å². The molecule has 1 heterocycles. The molecule has 3 aromatic rings. The van der Waals surface area contributed by atoms with Crippen molar-refractivity contribution >= 4 is 17.7 Å². The third-order valence-corrected chi connectivity index (χ3v) is 7.03. The van der Waals surface area contributed by atoms with E-state index in [1.54, 1.807) is 6.07 Å². The minimum atomic E-state index is -0.948. The van der Waals surface area contributed by atoms with Crippen LogP contribution < -0.4 is 0 Å². The van der Waals surface area contributed by atoms with Crippen molar-refractivity contribution in [3.8, 4) is 22.4 Å². The zero-order valence-corrected chi connectivity index (χ0v) is 19.9. The number of carboxylic acids is 1. The smallest absolute Gasteiger partial charge is 0.329 e. The SMILES string of the molecule is CSc1nn(CC2CCC(COCC(=O)O)CC2)c(-c2ccccc2)c1-c1cccc(F)c1F. The summed E-state index contributed by atoms with van der Waals surface area (Å²) < 4.78 is 36.3. The number of carbonyl (C=O) groups is 1. The van der Waals surface area contributed by atoms with Crippen molar-refractivity contribution in [2.75, 3.05) is 19.5 Å². The van der Waals surface area contributed by atoms with Crippen LogP contribution in [0.3, 0.4) is 0 Å². The van der Waals surface area contributed by atoms with E-state index >= 15 is 0 Å². The average Bonchev–Trinajstić information content (AvgIpc) is 3.20. The van der Waals surface area contributed by atoms with Crippen LogP contribution in [-0.2, 0) is 16.1 Å². The first-order valence-corrected chi connectivity index (χ1v) is 12.6. The van der Waals surface area contributed by atoms with E-state index in [9.17, 15) is 13.6 Å². The molecule has 0 saturated heterocycles. The van der Waals surface area contributed by atoms with E-state index in [1.807, 2.05) is 41.3 Å². The molecule has 1 aromatic heterocycles. The second-order valence-corrected chi connectivity index (χ2v) is 9.47. The van der Waals surface area contributed by atoms with Crippen molar-refractivity contribution in [1.82, 2.24) is 9.78 Å². The van der Waals surface area contributed by atoms with Crippen LogP contribution in [0, 0.1) is 23.5 Å². The van der Waals surface area contributed by atoms with Gasteiger partial charge in [-0.15, -0.1) is 11.8 Å². The third kappa shape index (κ3) is 5.50. The molecule has 0 unspecified atom stereocenters. The van der Waals surface area contributed by atoms with Crippen molar-refractivity contribution in [3.05, 3.63) is 60.2 Å². The predicted octanol–water partition coefficient (Wildman–Crippen LogP) is 6.12. The minimum Gasteiger partial charge on any atom is -0.480 e. The number of rotatable bonds is 9. The number of hydrogen-bond donors (Lipinski definition) is 1. The van der Waals surface area contributed by atoms with Crippen LogP contribution in [0.1, 0.15) is 25.7 Å². The standard InChI is InChI=1S/C26H28F2N2O3S/c1-34-26-23(20-8-5-9-21(27)24(20)28)25(19-6-3-2-4-7-19)30(29-26)14-17-10-12-18(13-11-17)15-33-16-22(31)32/h2-9,17-18H,10-16H2,1H3,(H,31,32). The Bertz CT molecular complexity index is 1130. The fraction of sp³-hybridized carbons (Fsp3) is 0.385. The Morgan fingerprint density at radius 1 is 1.09 bits per heavy atom. The van der Waals surface area contributed by atoms with E-state index in [0.717, 1.165) is 43.0 Å². The molecule has 0 aliphatic heterocycles. The fourth-order valence-corrected chi connectivity index (χ4v) is 5.27. The van der Waals surface area contributed by atoms with Gasteiger partial charge in [-0.2, -0.15) is 5.10 Å². The van der Waals surface area contributed by atoms with Gasteiger partial charge in [-0.25, -0.2) is 13.6 Å². The normalized spacial score (nSPS) is 18.2. The molecule has 5 nitrogen and oxygen atoms in total. The third-order valence-electron chi connectivity index (χ3n) is 6.36. The number of halogens is 2. The summed E-state index contributed by atoms with van der Waals surface area (Å²) in [7, 11) is 0. The second-order valence-electron chi connectivity index (χ2n) is 8.68. The van der Waals surface area contributed by atoms with E-state index < -0.39 is 17.6 Å². The molecule has 0 amide bonds. The first-order chi connectivity index (χ1) is 16.5. The lowest BCUT2D eigenvalue weighted by Gasteiger charge is -2.28. The highest BCUT2D eigenvalue weighted by Gasteiger charge is 2.27. The van der Waals surface area contributed by atoms with Gasteiger partial charge in [-0.1, -0.05) is 42.5 Å². The molecule has 0 radical (unpaired) electrons. The highest BCUT2D eigenvalue weighted by atomic mass is 32.2. The summed E-state index contributed by atoms with van der Waals surface area (Å²) in [6.45, 7) is 0.887. The van der Waals surface area contributed by atoms with Gasteiger partial charge in [0.05, 0.1) is 12.3 Å². The lowest BCUT2D eigenvalue weighted by molar-refractivity contribution is -0.142. The van der Waals surface area contributed by atoms with Crippen molar-refractivity contribution in [1.29, 1.82) is 0 Å². The Labute approximate surface area is 202 Å². The van der Waals surface area contributed by atoms with Gasteiger partial charge in [0.15, 0.2) is 11.6 Å². The van der Waals surface area contributed by atoms with E-state index in [0.29, 0.717) is 35.6 Å². The predicted molar refractivity (Wildman–Crippen MR) is 129 cm³/mol. The Balaban J connectivity index is 1.62. The van der Waals surface area contributed by atoms with Gasteiger partial charge in [-0.3, -0.25) is 4.68 Å². The van der Waals surface area contributed by atoms with Crippen LogP contribution in [-0.4, -0.2) is 40.3 Å².